The van der Waals surface area contributed by atoms with Gasteiger partial charge < -0.3 is 11.2 Å². The fourth-order valence-electron chi connectivity index (χ4n) is 2.25. The Bertz CT molecular complexity index is 932. The molecule has 1 aromatic heterocycles. The third-order valence-electron chi connectivity index (χ3n) is 3.61. The lowest BCUT2D eigenvalue weighted by Gasteiger charge is -2.12. The SMILES string of the molecule is CC(Sc1nc(-c2ccccc2)cn1N)C(=O)Nc1ccc(F)cc1Cl. The third kappa shape index (κ3) is 4.17. The fourth-order valence-corrected chi connectivity index (χ4v) is 3.27. The average molecular weight is 391 g/mol. The smallest absolute Gasteiger partial charge is 0.237 e. The molecule has 0 bridgehead atoms. The zero-order valence-electron chi connectivity index (χ0n) is 13.8. The number of carbonyl (C=O) groups excluding carboxylic acids is 1. The first kappa shape index (κ1) is 18.3. The number of aromatic nitrogens is 2. The van der Waals surface area contributed by atoms with Gasteiger partial charge in [-0.1, -0.05) is 53.7 Å². The van der Waals surface area contributed by atoms with Crippen LogP contribution in [0.4, 0.5) is 10.1 Å². The maximum atomic E-state index is 13.1. The van der Waals surface area contributed by atoms with Crippen molar-refractivity contribution in [3.8, 4) is 11.3 Å². The van der Waals surface area contributed by atoms with Crippen molar-refractivity contribution in [2.75, 3.05) is 11.2 Å². The van der Waals surface area contributed by atoms with Crippen molar-refractivity contribution in [3.63, 3.8) is 0 Å². The Hall–Kier alpha value is -2.51. The van der Waals surface area contributed by atoms with Crippen molar-refractivity contribution in [3.05, 3.63) is 65.6 Å². The van der Waals surface area contributed by atoms with Crippen molar-refractivity contribution < 1.29 is 9.18 Å². The summed E-state index contributed by atoms with van der Waals surface area (Å²) >= 11 is 7.16. The molecular weight excluding hydrogens is 375 g/mol. The molecule has 0 aliphatic carbocycles. The van der Waals surface area contributed by atoms with E-state index >= 15 is 0 Å². The van der Waals surface area contributed by atoms with E-state index in [-0.39, 0.29) is 10.9 Å². The summed E-state index contributed by atoms with van der Waals surface area (Å²) < 4.78 is 14.5. The maximum absolute atomic E-state index is 13.1. The molecule has 2 aromatic carbocycles. The highest BCUT2D eigenvalue weighted by atomic mass is 35.5. The minimum Gasteiger partial charge on any atom is -0.337 e. The second kappa shape index (κ2) is 7.80. The summed E-state index contributed by atoms with van der Waals surface area (Å²) in [5.41, 5.74) is 2.02. The van der Waals surface area contributed by atoms with Crippen LogP contribution in [0.2, 0.25) is 5.02 Å². The Balaban J connectivity index is 1.70. The molecule has 0 aliphatic rings. The summed E-state index contributed by atoms with van der Waals surface area (Å²) in [7, 11) is 0. The summed E-state index contributed by atoms with van der Waals surface area (Å²) in [6.07, 6.45) is 1.71. The van der Waals surface area contributed by atoms with Crippen molar-refractivity contribution in [1.29, 1.82) is 0 Å². The standard InChI is InChI=1S/C18H16ClFN4OS/c1-11(17(25)22-15-8-7-13(20)9-14(15)19)26-18-23-16(10-24(18)21)12-5-3-2-4-6-12/h2-11H,21H2,1H3,(H,22,25). The van der Waals surface area contributed by atoms with Crippen LogP contribution in [0.25, 0.3) is 11.3 Å². The van der Waals surface area contributed by atoms with E-state index in [1.165, 1.54) is 28.6 Å². The second-order valence-electron chi connectivity index (χ2n) is 5.56. The summed E-state index contributed by atoms with van der Waals surface area (Å²) in [6.45, 7) is 1.73. The van der Waals surface area contributed by atoms with Gasteiger partial charge in [-0.2, -0.15) is 0 Å². The molecule has 3 aromatic rings. The second-order valence-corrected chi connectivity index (χ2v) is 7.27. The van der Waals surface area contributed by atoms with Gasteiger partial charge in [0.25, 0.3) is 0 Å². The number of nitrogens with two attached hydrogens (primary N) is 1. The van der Waals surface area contributed by atoms with Crippen molar-refractivity contribution >= 4 is 35.0 Å². The lowest BCUT2D eigenvalue weighted by Crippen LogP contribution is -2.23. The molecule has 3 rings (SSSR count). The van der Waals surface area contributed by atoms with E-state index in [2.05, 4.69) is 10.3 Å². The number of nitrogens with zero attached hydrogens (tertiary/aromatic N) is 2. The Morgan fingerprint density at radius 3 is 2.73 bits per heavy atom. The monoisotopic (exact) mass is 390 g/mol. The minimum absolute atomic E-state index is 0.141. The van der Waals surface area contributed by atoms with E-state index in [1.807, 2.05) is 30.3 Å². The highest BCUT2D eigenvalue weighted by Crippen LogP contribution is 2.28. The number of halogens is 2. The predicted molar refractivity (Wildman–Crippen MR) is 103 cm³/mol. The molecule has 8 heteroatoms. The Labute approximate surface area is 159 Å². The highest BCUT2D eigenvalue weighted by molar-refractivity contribution is 8.00. The van der Waals surface area contributed by atoms with Gasteiger partial charge >= 0.3 is 0 Å². The number of benzene rings is 2. The number of anilines is 1. The number of rotatable bonds is 5. The highest BCUT2D eigenvalue weighted by Gasteiger charge is 2.19. The predicted octanol–water partition coefficient (Wildman–Crippen LogP) is 4.18. The first-order valence-electron chi connectivity index (χ1n) is 7.76. The largest absolute Gasteiger partial charge is 0.337 e. The average Bonchev–Trinajstić information content (AvgIpc) is 2.98. The molecular formula is C18H16ClFN4OS. The summed E-state index contributed by atoms with van der Waals surface area (Å²) in [4.78, 5) is 16.9. The van der Waals surface area contributed by atoms with E-state index in [1.54, 1.807) is 13.1 Å². The zero-order chi connectivity index (χ0) is 18.7. The molecule has 5 nitrogen and oxygen atoms in total. The molecule has 1 atom stereocenters. The van der Waals surface area contributed by atoms with Crippen LogP contribution >= 0.6 is 23.4 Å². The Kier molecular flexibility index (Phi) is 5.49. The third-order valence-corrected chi connectivity index (χ3v) is 5.00. The number of hydrogen-bond donors (Lipinski definition) is 2. The van der Waals surface area contributed by atoms with Gasteiger partial charge in [-0.3, -0.25) is 4.79 Å². The Morgan fingerprint density at radius 2 is 2.04 bits per heavy atom. The van der Waals surface area contributed by atoms with Crippen molar-refractivity contribution in [1.82, 2.24) is 9.66 Å². The summed E-state index contributed by atoms with van der Waals surface area (Å²) in [5.74, 6) is 5.21. The van der Waals surface area contributed by atoms with Crippen LogP contribution in [-0.4, -0.2) is 20.8 Å². The fraction of sp³-hybridized carbons (Fsp3) is 0.111. The lowest BCUT2D eigenvalue weighted by atomic mass is 10.2. The molecule has 0 saturated carbocycles. The zero-order valence-corrected chi connectivity index (χ0v) is 15.4. The van der Waals surface area contributed by atoms with E-state index in [9.17, 15) is 9.18 Å². The van der Waals surface area contributed by atoms with E-state index in [0.29, 0.717) is 10.8 Å². The van der Waals surface area contributed by atoms with Crippen LogP contribution < -0.4 is 11.2 Å². The van der Waals surface area contributed by atoms with Crippen LogP contribution in [0, 0.1) is 5.82 Å². The lowest BCUT2D eigenvalue weighted by molar-refractivity contribution is -0.115. The number of thioether (sulfide) groups is 1. The first-order chi connectivity index (χ1) is 12.4. The van der Waals surface area contributed by atoms with Crippen LogP contribution in [-0.2, 0) is 4.79 Å². The quantitative estimate of drug-likeness (QED) is 0.506. The van der Waals surface area contributed by atoms with Gasteiger partial charge in [0.2, 0.25) is 5.91 Å². The van der Waals surface area contributed by atoms with Gasteiger partial charge in [-0.25, -0.2) is 14.1 Å². The molecule has 0 aliphatic heterocycles. The van der Waals surface area contributed by atoms with Crippen LogP contribution in [0.15, 0.2) is 59.9 Å². The molecule has 3 N–H and O–H groups in total. The number of carbonyl (C=O) groups is 1. The van der Waals surface area contributed by atoms with Crippen LogP contribution in [0.5, 0.6) is 0 Å². The Morgan fingerprint density at radius 1 is 1.31 bits per heavy atom. The molecule has 0 saturated heterocycles. The van der Waals surface area contributed by atoms with Gasteiger partial charge in [-0.05, 0) is 25.1 Å². The molecule has 1 amide bonds. The number of amides is 1. The maximum Gasteiger partial charge on any atom is 0.237 e. The van der Waals surface area contributed by atoms with Gasteiger partial charge in [0.15, 0.2) is 5.16 Å². The van der Waals surface area contributed by atoms with Crippen molar-refractivity contribution in [2.45, 2.75) is 17.3 Å². The van der Waals surface area contributed by atoms with Crippen molar-refractivity contribution in [2.24, 2.45) is 0 Å². The van der Waals surface area contributed by atoms with E-state index in [4.69, 9.17) is 17.4 Å². The molecule has 134 valence electrons. The molecule has 1 heterocycles. The number of imidazole rings is 1. The molecule has 1 unspecified atom stereocenters. The first-order valence-corrected chi connectivity index (χ1v) is 9.02. The normalized spacial score (nSPS) is 12.0. The minimum atomic E-state index is -0.482. The number of hydrogen-bond acceptors (Lipinski definition) is 4. The van der Waals surface area contributed by atoms with Gasteiger partial charge in [0.1, 0.15) is 5.82 Å². The summed E-state index contributed by atoms with van der Waals surface area (Å²) in [6, 6.07) is 13.4. The van der Waals surface area contributed by atoms with Gasteiger partial charge in [0.05, 0.1) is 27.9 Å². The number of nitrogens with one attached hydrogen (secondary N) is 1. The molecule has 0 radical (unpaired) electrons. The topological polar surface area (TPSA) is 72.9 Å². The van der Waals surface area contributed by atoms with Crippen LogP contribution in [0.1, 0.15) is 6.92 Å². The molecule has 0 fully saturated rings. The molecule has 26 heavy (non-hydrogen) atoms. The van der Waals surface area contributed by atoms with Crippen LogP contribution in [0.3, 0.4) is 0 Å². The van der Waals surface area contributed by atoms with E-state index < -0.39 is 11.1 Å². The number of nitrogen functional groups attached to an aromatic ring is 1. The molecule has 0 spiro atoms. The van der Waals surface area contributed by atoms with Gasteiger partial charge in [0, 0.05) is 5.56 Å². The van der Waals surface area contributed by atoms with E-state index in [0.717, 1.165) is 17.3 Å². The van der Waals surface area contributed by atoms with Gasteiger partial charge in [-0.15, -0.1) is 0 Å². The summed E-state index contributed by atoms with van der Waals surface area (Å²) in [5, 5.41) is 2.85.